The molecule has 2 saturated heterocycles. The van der Waals surface area contributed by atoms with E-state index in [1.54, 1.807) is 0 Å². The van der Waals surface area contributed by atoms with Gasteiger partial charge in [-0.2, -0.15) is 26.3 Å². The molecule has 4 unspecified atom stereocenters. The minimum absolute atomic E-state index is 0.00426. The smallest absolute Gasteiger partial charge is 0.326 e. The standard InChI is InChI=1S/C50H44F8N8O9/c1-24(49(53,54)55)63(22-28-5-9-31(51)10-6-28)41(70)39(65-43(72)47(61-45(65)74)18-17-30-19-33(59-26(3)67)13-15-36(30)47)40(42(71)64(25(2)50(56,57)58)23-29-7-11-32(52)12-8-29)66-44(73)48(62-46(66)75)21-38(69)35-20-34(60-27(4)68)14-16-37(35)48/h5-16,19-20,24-25,39-40H,17-18,21-23H2,1-4H3,(H,59,67)(H,60,68)(H,61,74)(H,62,75)/t24-,25-,39?,40?,47?,48?/m0/s1. The summed E-state index contributed by atoms with van der Waals surface area (Å²) < 4.78 is 120. The molecule has 4 N–H and O–H groups in total. The van der Waals surface area contributed by atoms with Crippen molar-refractivity contribution in [2.24, 2.45) is 0 Å². The van der Waals surface area contributed by atoms with Crippen molar-refractivity contribution in [3.05, 3.63) is 130 Å². The summed E-state index contributed by atoms with van der Waals surface area (Å²) in [6, 6.07) is -1.08. The van der Waals surface area contributed by atoms with E-state index in [0.29, 0.717) is 19.4 Å². The quantitative estimate of drug-likeness (QED) is 0.0872. The minimum Gasteiger partial charge on any atom is -0.326 e. The van der Waals surface area contributed by atoms with E-state index >= 15 is 45.5 Å². The number of urea groups is 2. The van der Waals surface area contributed by atoms with Gasteiger partial charge in [-0.3, -0.25) is 33.6 Å². The monoisotopic (exact) mass is 1050 g/mol. The fourth-order valence-electron chi connectivity index (χ4n) is 10.0. The summed E-state index contributed by atoms with van der Waals surface area (Å²) >= 11 is 0. The van der Waals surface area contributed by atoms with Crippen LogP contribution in [0.15, 0.2) is 84.9 Å². The maximum atomic E-state index is 15.8. The summed E-state index contributed by atoms with van der Waals surface area (Å²) in [5.41, 5.74) is -5.23. The zero-order valence-electron chi connectivity index (χ0n) is 39.9. The number of alkyl halides is 6. The molecule has 0 radical (unpaired) electrons. The molecule has 4 aliphatic rings. The Labute approximate surface area is 420 Å². The zero-order chi connectivity index (χ0) is 54.9. The van der Waals surface area contributed by atoms with Crippen molar-refractivity contribution in [2.45, 2.75) is 108 Å². The molecular formula is C50H44F8N8O9. The fourth-order valence-corrected chi connectivity index (χ4v) is 10.0. The number of benzene rings is 4. The van der Waals surface area contributed by atoms with Crippen LogP contribution in [0.2, 0.25) is 0 Å². The zero-order valence-corrected chi connectivity index (χ0v) is 39.9. The van der Waals surface area contributed by atoms with Gasteiger partial charge in [-0.25, -0.2) is 28.2 Å². The number of hydrogen-bond donors (Lipinski definition) is 4. The van der Waals surface area contributed by atoms with Crippen LogP contribution in [-0.2, 0) is 59.4 Å². The first-order valence-corrected chi connectivity index (χ1v) is 23.0. The molecule has 0 aromatic heterocycles. The Hall–Kier alpha value is -8.25. The molecule has 2 fully saturated rings. The molecule has 0 bridgehead atoms. The van der Waals surface area contributed by atoms with Gasteiger partial charge < -0.3 is 31.1 Å². The van der Waals surface area contributed by atoms with E-state index in [1.165, 1.54) is 31.2 Å². The topological polar surface area (TPSA) is 215 Å². The van der Waals surface area contributed by atoms with Crippen LogP contribution in [0.25, 0.3) is 0 Å². The Morgan fingerprint density at radius 3 is 1.47 bits per heavy atom. The van der Waals surface area contributed by atoms with Crippen molar-refractivity contribution in [3.8, 4) is 0 Å². The van der Waals surface area contributed by atoms with E-state index in [-0.39, 0.29) is 71.6 Å². The number of anilines is 2. The molecule has 2 aliphatic heterocycles. The molecule has 10 amide bonds. The molecule has 4 aromatic rings. The Morgan fingerprint density at radius 2 is 1.03 bits per heavy atom. The van der Waals surface area contributed by atoms with Crippen molar-refractivity contribution < 1.29 is 78.3 Å². The van der Waals surface area contributed by atoms with Crippen molar-refractivity contribution in [1.82, 2.24) is 30.2 Å². The summed E-state index contributed by atoms with van der Waals surface area (Å²) in [6.07, 6.45) is -12.2. The highest BCUT2D eigenvalue weighted by Gasteiger charge is 2.67. The van der Waals surface area contributed by atoms with Crippen LogP contribution in [-0.4, -0.2) is 109 Å². The van der Waals surface area contributed by atoms with Gasteiger partial charge in [0.25, 0.3) is 11.8 Å². The highest BCUT2D eigenvalue weighted by atomic mass is 19.4. The third kappa shape index (κ3) is 9.61. The minimum atomic E-state index is -5.42. The SMILES string of the molecule is CC(=O)Nc1ccc2c(c1)CCC21NC(=O)N(C(C(=O)N(Cc2ccc(F)cc2)[C@@H](C)C(F)(F)F)C(C(=O)N(Cc2ccc(F)cc2)[C@@H](C)C(F)(F)F)N2C(=O)NC3(CC(=O)c4cc(NC(C)=O)ccc43)C2=O)C1=O. The number of carbonyl (C=O) groups is 9. The van der Waals surface area contributed by atoms with Gasteiger partial charge in [-0.1, -0.05) is 36.4 Å². The number of nitrogens with zero attached hydrogens (tertiary/aromatic N) is 4. The van der Waals surface area contributed by atoms with Crippen molar-refractivity contribution in [2.75, 3.05) is 10.6 Å². The Balaban J connectivity index is 1.39. The van der Waals surface area contributed by atoms with E-state index in [2.05, 4.69) is 21.3 Å². The molecule has 2 aliphatic carbocycles. The number of amides is 10. The van der Waals surface area contributed by atoms with Crippen LogP contribution in [0.4, 0.5) is 56.1 Å². The molecule has 6 atom stereocenters. The van der Waals surface area contributed by atoms with Crippen LogP contribution in [0.1, 0.15) is 78.7 Å². The van der Waals surface area contributed by atoms with E-state index in [1.807, 2.05) is 0 Å². The molecule has 4 aromatic carbocycles. The molecular weight excluding hydrogens is 1010 g/mol. The molecule has 394 valence electrons. The highest BCUT2D eigenvalue weighted by molar-refractivity contribution is 6.19. The number of ketones is 1. The van der Waals surface area contributed by atoms with Crippen molar-refractivity contribution in [3.63, 3.8) is 0 Å². The normalized spacial score (nSPS) is 20.6. The highest BCUT2D eigenvalue weighted by Crippen LogP contribution is 2.47. The predicted molar refractivity (Wildman–Crippen MR) is 245 cm³/mol. The third-order valence-corrected chi connectivity index (χ3v) is 13.8. The lowest BCUT2D eigenvalue weighted by Crippen LogP contribution is -2.69. The maximum absolute atomic E-state index is 15.8. The van der Waals surface area contributed by atoms with Gasteiger partial charge in [0.15, 0.2) is 23.4 Å². The van der Waals surface area contributed by atoms with Crippen LogP contribution in [0.5, 0.6) is 0 Å². The van der Waals surface area contributed by atoms with Gasteiger partial charge in [0.05, 0.1) is 0 Å². The van der Waals surface area contributed by atoms with Gasteiger partial charge in [0.2, 0.25) is 23.6 Å². The first kappa shape index (κ1) is 53.1. The van der Waals surface area contributed by atoms with Gasteiger partial charge in [-0.15, -0.1) is 0 Å². The number of carbonyl (C=O) groups excluding carboxylic acids is 9. The fraction of sp³-hybridized carbons (Fsp3) is 0.340. The number of halogens is 8. The van der Waals surface area contributed by atoms with Crippen LogP contribution in [0.3, 0.4) is 0 Å². The van der Waals surface area contributed by atoms with Crippen molar-refractivity contribution >= 4 is 64.7 Å². The summed E-state index contributed by atoms with van der Waals surface area (Å²) in [4.78, 5) is 130. The molecule has 25 heteroatoms. The number of rotatable bonds is 13. The second-order valence-corrected chi connectivity index (χ2v) is 18.6. The van der Waals surface area contributed by atoms with E-state index in [4.69, 9.17) is 0 Å². The van der Waals surface area contributed by atoms with E-state index < -0.39 is 132 Å². The summed E-state index contributed by atoms with van der Waals surface area (Å²) in [5.74, 6) is -10.9. The number of hydrogen-bond acceptors (Lipinski definition) is 9. The third-order valence-electron chi connectivity index (χ3n) is 13.8. The molecule has 8 rings (SSSR count). The second-order valence-electron chi connectivity index (χ2n) is 18.6. The summed E-state index contributed by atoms with van der Waals surface area (Å²) in [7, 11) is 0. The number of fused-ring (bicyclic) bond motifs is 4. The molecule has 2 heterocycles. The van der Waals surface area contributed by atoms with E-state index in [9.17, 15) is 32.8 Å². The molecule has 17 nitrogen and oxygen atoms in total. The number of nitrogens with one attached hydrogen (secondary N) is 4. The lowest BCUT2D eigenvalue weighted by molar-refractivity contribution is -0.194. The lowest BCUT2D eigenvalue weighted by atomic mass is 9.89. The van der Waals surface area contributed by atoms with Gasteiger partial charge in [-0.05, 0) is 103 Å². The van der Waals surface area contributed by atoms with Crippen molar-refractivity contribution in [1.29, 1.82) is 0 Å². The summed E-state index contributed by atoms with van der Waals surface area (Å²) in [5, 5.41) is 9.73. The van der Waals surface area contributed by atoms with Gasteiger partial charge >= 0.3 is 24.4 Å². The first-order chi connectivity index (χ1) is 35.1. The average Bonchev–Trinajstić information content (AvgIpc) is 3.99. The predicted octanol–water partition coefficient (Wildman–Crippen LogP) is 6.31. The Morgan fingerprint density at radius 1 is 0.613 bits per heavy atom. The van der Waals surface area contributed by atoms with Gasteiger partial charge in [0.1, 0.15) is 29.3 Å². The Kier molecular flexibility index (Phi) is 13.6. The number of aryl methyl sites for hydroxylation is 1. The molecule has 0 saturated carbocycles. The van der Waals surface area contributed by atoms with Gasteiger partial charge in [0, 0.05) is 50.3 Å². The summed E-state index contributed by atoms with van der Waals surface area (Å²) in [6.45, 7) is 0.905. The molecule has 75 heavy (non-hydrogen) atoms. The largest absolute Gasteiger partial charge is 0.408 e. The second kappa shape index (κ2) is 19.2. The van der Waals surface area contributed by atoms with Crippen LogP contribution < -0.4 is 21.3 Å². The molecule has 2 spiro atoms. The van der Waals surface area contributed by atoms with E-state index in [0.717, 1.165) is 67.6 Å². The first-order valence-electron chi connectivity index (χ1n) is 23.0. The number of imide groups is 2. The maximum Gasteiger partial charge on any atom is 0.408 e. The average molecular weight is 1050 g/mol. The van der Waals surface area contributed by atoms with Crippen LogP contribution in [0, 0.1) is 11.6 Å². The lowest BCUT2D eigenvalue weighted by Gasteiger charge is -2.42. The van der Waals surface area contributed by atoms with Crippen LogP contribution >= 0.6 is 0 Å². The number of Topliss-reactive ketones (excluding diaryl/α,β-unsaturated/α-hetero) is 1. The Bertz CT molecular complexity index is 3080.